The summed E-state index contributed by atoms with van der Waals surface area (Å²) in [6.07, 6.45) is 8.89. The molecule has 2 aromatic carbocycles. The van der Waals surface area contributed by atoms with Crippen molar-refractivity contribution in [3.8, 4) is 0 Å². The van der Waals surface area contributed by atoms with Crippen molar-refractivity contribution in [2.75, 3.05) is 0 Å². The minimum absolute atomic E-state index is 0.0948. The second kappa shape index (κ2) is 7.66. The lowest BCUT2D eigenvalue weighted by Crippen LogP contribution is -2.47. The highest BCUT2D eigenvalue weighted by Gasteiger charge is 2.45. The van der Waals surface area contributed by atoms with Gasteiger partial charge in [-0.25, -0.2) is 4.79 Å². The maximum absolute atomic E-state index is 10.5. The summed E-state index contributed by atoms with van der Waals surface area (Å²) in [6, 6.07) is 18.8. The van der Waals surface area contributed by atoms with E-state index in [1.54, 1.807) is 30.3 Å². The van der Waals surface area contributed by atoms with E-state index < -0.39 is 5.97 Å². The molecular formula is C22H24O3. The number of carboxylic acids is 1. The van der Waals surface area contributed by atoms with Gasteiger partial charge in [0.15, 0.2) is 0 Å². The van der Waals surface area contributed by atoms with Crippen LogP contribution in [0.5, 0.6) is 0 Å². The fourth-order valence-corrected chi connectivity index (χ4v) is 4.01. The first-order valence-corrected chi connectivity index (χ1v) is 8.83. The summed E-state index contributed by atoms with van der Waals surface area (Å²) < 4.78 is 0. The predicted octanol–water partition coefficient (Wildman–Crippen LogP) is 4.43. The molecule has 0 amide bonds. The quantitative estimate of drug-likeness (QED) is 0.798. The Morgan fingerprint density at radius 1 is 1.00 bits per heavy atom. The van der Waals surface area contributed by atoms with Crippen LogP contribution in [-0.4, -0.2) is 22.3 Å². The van der Waals surface area contributed by atoms with Crippen LogP contribution in [0.1, 0.15) is 41.6 Å². The molecule has 4 rings (SSSR count). The number of hydrogen-bond acceptors (Lipinski definition) is 2. The minimum atomic E-state index is -0.879. The summed E-state index contributed by atoms with van der Waals surface area (Å²) in [5.74, 6) is -0.408. The predicted molar refractivity (Wildman–Crippen MR) is 98.6 cm³/mol. The Morgan fingerprint density at radius 2 is 1.64 bits per heavy atom. The van der Waals surface area contributed by atoms with Crippen molar-refractivity contribution >= 4 is 5.97 Å². The lowest BCUT2D eigenvalue weighted by atomic mass is 9.60. The highest BCUT2D eigenvalue weighted by atomic mass is 16.4. The number of hydrogen-bond donors (Lipinski definition) is 2. The normalized spacial score (nSPS) is 27.1. The molecule has 2 N–H and O–H groups in total. The fraction of sp³-hybridized carbons (Fsp3) is 0.318. The van der Waals surface area contributed by atoms with Crippen molar-refractivity contribution in [3.63, 3.8) is 0 Å². The summed E-state index contributed by atoms with van der Waals surface area (Å²) in [5.41, 5.74) is 1.52. The topological polar surface area (TPSA) is 57.5 Å². The van der Waals surface area contributed by atoms with Gasteiger partial charge in [0, 0.05) is 5.41 Å². The second-order valence-corrected chi connectivity index (χ2v) is 6.81. The molecule has 3 atom stereocenters. The number of carbonyl (C=O) groups is 1. The lowest BCUT2D eigenvalue weighted by Gasteiger charge is -2.46. The van der Waals surface area contributed by atoms with Crippen LogP contribution in [-0.2, 0) is 5.41 Å². The van der Waals surface area contributed by atoms with Gasteiger partial charge in [0.25, 0.3) is 0 Å². The molecule has 25 heavy (non-hydrogen) atoms. The first-order valence-electron chi connectivity index (χ1n) is 8.83. The monoisotopic (exact) mass is 336 g/mol. The molecule has 2 aromatic rings. The third kappa shape index (κ3) is 3.67. The number of aliphatic hydroxyl groups is 1. The number of aromatic carboxylic acids is 1. The van der Waals surface area contributed by atoms with E-state index in [4.69, 9.17) is 5.11 Å². The molecule has 3 heteroatoms. The van der Waals surface area contributed by atoms with Gasteiger partial charge in [0.2, 0.25) is 0 Å². The number of fused-ring (bicyclic) bond motifs is 2. The second-order valence-electron chi connectivity index (χ2n) is 6.81. The number of aliphatic hydroxyl groups excluding tert-OH is 1. The van der Waals surface area contributed by atoms with Gasteiger partial charge < -0.3 is 10.2 Å². The first-order chi connectivity index (χ1) is 12.1. The largest absolute Gasteiger partial charge is 0.478 e. The van der Waals surface area contributed by atoms with Gasteiger partial charge in [-0.2, -0.15) is 0 Å². The van der Waals surface area contributed by atoms with Crippen molar-refractivity contribution < 1.29 is 15.0 Å². The summed E-state index contributed by atoms with van der Waals surface area (Å²) in [7, 11) is 0. The molecule has 2 bridgehead atoms. The maximum atomic E-state index is 10.5. The Bertz CT molecular complexity index is 723. The van der Waals surface area contributed by atoms with E-state index in [-0.39, 0.29) is 11.5 Å². The van der Waals surface area contributed by atoms with Crippen LogP contribution < -0.4 is 0 Å². The Balaban J connectivity index is 0.000000173. The average Bonchev–Trinajstić information content (AvgIpc) is 2.64. The molecule has 130 valence electrons. The van der Waals surface area contributed by atoms with Crippen LogP contribution in [0.2, 0.25) is 0 Å². The third-order valence-electron chi connectivity index (χ3n) is 5.33. The Labute approximate surface area is 148 Å². The van der Waals surface area contributed by atoms with Crippen molar-refractivity contribution in [3.05, 3.63) is 83.9 Å². The van der Waals surface area contributed by atoms with Gasteiger partial charge >= 0.3 is 5.97 Å². The van der Waals surface area contributed by atoms with Crippen molar-refractivity contribution in [1.29, 1.82) is 0 Å². The molecule has 1 fully saturated rings. The molecule has 0 aliphatic heterocycles. The van der Waals surface area contributed by atoms with Gasteiger partial charge in [-0.05, 0) is 42.9 Å². The highest BCUT2D eigenvalue weighted by molar-refractivity contribution is 5.87. The summed E-state index contributed by atoms with van der Waals surface area (Å²) in [6.45, 7) is 0. The molecule has 3 nitrogen and oxygen atoms in total. The molecule has 0 saturated heterocycles. The van der Waals surface area contributed by atoms with Gasteiger partial charge in [0.05, 0.1) is 11.7 Å². The third-order valence-corrected chi connectivity index (χ3v) is 5.33. The molecule has 3 unspecified atom stereocenters. The van der Waals surface area contributed by atoms with Crippen LogP contribution in [0.15, 0.2) is 72.8 Å². The Kier molecular flexibility index (Phi) is 5.34. The molecule has 0 spiro atoms. The van der Waals surface area contributed by atoms with E-state index in [0.717, 1.165) is 12.8 Å². The Morgan fingerprint density at radius 3 is 2.24 bits per heavy atom. The van der Waals surface area contributed by atoms with Crippen molar-refractivity contribution in [2.24, 2.45) is 5.92 Å². The summed E-state index contributed by atoms with van der Waals surface area (Å²) in [5, 5.41) is 18.9. The highest BCUT2D eigenvalue weighted by Crippen LogP contribution is 2.47. The van der Waals surface area contributed by atoms with Crippen LogP contribution >= 0.6 is 0 Å². The van der Waals surface area contributed by atoms with Crippen LogP contribution in [0.25, 0.3) is 0 Å². The molecule has 0 radical (unpaired) electrons. The van der Waals surface area contributed by atoms with Gasteiger partial charge in [-0.1, -0.05) is 67.1 Å². The van der Waals surface area contributed by atoms with Gasteiger partial charge in [0.1, 0.15) is 0 Å². The minimum Gasteiger partial charge on any atom is -0.478 e. The smallest absolute Gasteiger partial charge is 0.335 e. The van der Waals surface area contributed by atoms with Crippen molar-refractivity contribution in [2.45, 2.75) is 37.2 Å². The van der Waals surface area contributed by atoms with E-state index in [0.29, 0.717) is 11.5 Å². The van der Waals surface area contributed by atoms with Crippen LogP contribution in [0.4, 0.5) is 0 Å². The van der Waals surface area contributed by atoms with Crippen LogP contribution in [0.3, 0.4) is 0 Å². The molecular weight excluding hydrogens is 312 g/mol. The Hall–Kier alpha value is -2.39. The number of benzene rings is 2. The van der Waals surface area contributed by atoms with Gasteiger partial charge in [-0.3, -0.25) is 0 Å². The van der Waals surface area contributed by atoms with Crippen molar-refractivity contribution in [1.82, 2.24) is 0 Å². The average molecular weight is 336 g/mol. The summed E-state index contributed by atoms with van der Waals surface area (Å²) in [4.78, 5) is 10.2. The van der Waals surface area contributed by atoms with Crippen LogP contribution in [0, 0.1) is 5.92 Å². The van der Waals surface area contributed by atoms with E-state index in [1.165, 1.54) is 18.4 Å². The summed E-state index contributed by atoms with van der Waals surface area (Å²) >= 11 is 0. The van der Waals surface area contributed by atoms with E-state index in [2.05, 4.69) is 36.4 Å². The molecule has 2 aliphatic rings. The molecule has 0 aromatic heterocycles. The molecule has 1 saturated carbocycles. The number of allylic oxidation sites excluding steroid dienone is 1. The zero-order chi connectivity index (χ0) is 17.7. The van der Waals surface area contributed by atoms with E-state index in [9.17, 15) is 9.90 Å². The first kappa shape index (κ1) is 17.4. The zero-order valence-electron chi connectivity index (χ0n) is 14.2. The maximum Gasteiger partial charge on any atom is 0.335 e. The van der Waals surface area contributed by atoms with E-state index >= 15 is 0 Å². The zero-order valence-corrected chi connectivity index (χ0v) is 14.2. The lowest BCUT2D eigenvalue weighted by molar-refractivity contribution is 0.00985. The van der Waals surface area contributed by atoms with Gasteiger partial charge in [-0.15, -0.1) is 0 Å². The number of carboxylic acid groups (broad SMARTS) is 1. The molecule has 2 aliphatic carbocycles. The van der Waals surface area contributed by atoms with E-state index in [1.807, 2.05) is 6.07 Å². The fourth-order valence-electron chi connectivity index (χ4n) is 4.01. The SMILES string of the molecule is O=C(O)c1ccccc1.OC1C2CC=CC1(c1ccccc1)CCC2. The number of rotatable bonds is 2. The standard InChI is InChI=1S/C15H18O.C7H6O2/c16-14-12-6-4-10-15(14,11-5-7-12)13-8-2-1-3-9-13;8-7(9)6-4-2-1-3-5-6/h1-4,8-10,12,14,16H,5-7,11H2;1-5H,(H,8,9). The molecule has 0 heterocycles.